The second kappa shape index (κ2) is 7.24. The molecular weight excluding hydrogens is 186 g/mol. The van der Waals surface area contributed by atoms with Gasteiger partial charge in [0.1, 0.15) is 0 Å². The molecule has 0 saturated heterocycles. The lowest BCUT2D eigenvalue weighted by Gasteiger charge is -2.31. The van der Waals surface area contributed by atoms with E-state index < -0.39 is 0 Å². The van der Waals surface area contributed by atoms with Crippen molar-refractivity contribution < 1.29 is 5.11 Å². The van der Waals surface area contributed by atoms with Crippen LogP contribution in [0.2, 0.25) is 0 Å². The summed E-state index contributed by atoms with van der Waals surface area (Å²) in [5.41, 5.74) is 0. The van der Waals surface area contributed by atoms with Crippen LogP contribution in [0.3, 0.4) is 0 Å². The number of aliphatic hydroxyl groups excluding tert-OH is 1. The Bertz CT molecular complexity index is 155. The third kappa shape index (κ3) is 4.52. The van der Waals surface area contributed by atoms with Crippen LogP contribution >= 0.6 is 0 Å². The maximum absolute atomic E-state index is 9.54. The van der Waals surface area contributed by atoms with Gasteiger partial charge in [0.25, 0.3) is 0 Å². The van der Waals surface area contributed by atoms with E-state index in [2.05, 4.69) is 12.2 Å². The molecule has 2 atom stereocenters. The van der Waals surface area contributed by atoms with Crippen molar-refractivity contribution in [1.82, 2.24) is 5.32 Å². The first kappa shape index (κ1) is 13.0. The number of rotatable bonds is 6. The minimum Gasteiger partial charge on any atom is -0.392 e. The molecule has 0 amide bonds. The maximum Gasteiger partial charge on any atom is 0.0662 e. The standard InChI is InChI=1S/C13H27NO/c1-3-12(15)10-14-13(4-2)11-8-6-5-7-9-11/h11-15H,3-10H2,1-2H3. The molecule has 2 N–H and O–H groups in total. The van der Waals surface area contributed by atoms with Gasteiger partial charge in [-0.05, 0) is 31.6 Å². The molecule has 0 aliphatic heterocycles. The molecule has 0 radical (unpaired) electrons. The summed E-state index contributed by atoms with van der Waals surface area (Å²) in [7, 11) is 0. The van der Waals surface area contributed by atoms with Crippen LogP contribution in [0.5, 0.6) is 0 Å². The molecule has 0 spiro atoms. The van der Waals surface area contributed by atoms with E-state index in [0.29, 0.717) is 6.04 Å². The number of aliphatic hydroxyl groups is 1. The van der Waals surface area contributed by atoms with Gasteiger partial charge in [-0.1, -0.05) is 33.1 Å². The van der Waals surface area contributed by atoms with Crippen molar-refractivity contribution in [3.63, 3.8) is 0 Å². The predicted molar refractivity (Wildman–Crippen MR) is 65.0 cm³/mol. The quantitative estimate of drug-likeness (QED) is 0.711. The van der Waals surface area contributed by atoms with E-state index in [0.717, 1.165) is 18.9 Å². The molecule has 15 heavy (non-hydrogen) atoms. The molecule has 2 unspecified atom stereocenters. The summed E-state index contributed by atoms with van der Waals surface area (Å²) in [4.78, 5) is 0. The maximum atomic E-state index is 9.54. The highest BCUT2D eigenvalue weighted by molar-refractivity contribution is 4.79. The van der Waals surface area contributed by atoms with E-state index in [1.165, 1.54) is 38.5 Å². The zero-order chi connectivity index (χ0) is 11.1. The fourth-order valence-electron chi connectivity index (χ4n) is 2.61. The van der Waals surface area contributed by atoms with E-state index in [-0.39, 0.29) is 6.10 Å². The van der Waals surface area contributed by atoms with Crippen LogP contribution in [0, 0.1) is 5.92 Å². The number of hydrogen-bond acceptors (Lipinski definition) is 2. The molecule has 1 fully saturated rings. The summed E-state index contributed by atoms with van der Waals surface area (Å²) in [5.74, 6) is 0.854. The van der Waals surface area contributed by atoms with E-state index in [1.54, 1.807) is 0 Å². The molecule has 0 aromatic heterocycles. The molecule has 0 aromatic carbocycles. The molecule has 1 aliphatic rings. The largest absolute Gasteiger partial charge is 0.392 e. The van der Waals surface area contributed by atoms with Crippen LogP contribution in [0.15, 0.2) is 0 Å². The Kier molecular flexibility index (Phi) is 6.26. The van der Waals surface area contributed by atoms with Gasteiger partial charge in [0.15, 0.2) is 0 Å². The van der Waals surface area contributed by atoms with Gasteiger partial charge in [-0.25, -0.2) is 0 Å². The Morgan fingerprint density at radius 3 is 2.33 bits per heavy atom. The second-order valence-electron chi connectivity index (χ2n) is 4.88. The van der Waals surface area contributed by atoms with Gasteiger partial charge in [0.2, 0.25) is 0 Å². The molecule has 2 heteroatoms. The SMILES string of the molecule is CCC(O)CNC(CC)C1CCCCC1. The highest BCUT2D eigenvalue weighted by Crippen LogP contribution is 2.27. The van der Waals surface area contributed by atoms with Crippen molar-refractivity contribution in [3.8, 4) is 0 Å². The van der Waals surface area contributed by atoms with Crippen molar-refractivity contribution in [2.24, 2.45) is 5.92 Å². The van der Waals surface area contributed by atoms with Gasteiger partial charge in [0, 0.05) is 12.6 Å². The van der Waals surface area contributed by atoms with Crippen LogP contribution in [-0.2, 0) is 0 Å². The summed E-state index contributed by atoms with van der Waals surface area (Å²) < 4.78 is 0. The van der Waals surface area contributed by atoms with Crippen molar-refractivity contribution in [2.75, 3.05) is 6.54 Å². The monoisotopic (exact) mass is 213 g/mol. The predicted octanol–water partition coefficient (Wildman–Crippen LogP) is 2.71. The fraction of sp³-hybridized carbons (Fsp3) is 1.00. The molecule has 2 nitrogen and oxygen atoms in total. The van der Waals surface area contributed by atoms with Gasteiger partial charge in [-0.2, -0.15) is 0 Å². The first-order chi connectivity index (χ1) is 7.27. The summed E-state index contributed by atoms with van der Waals surface area (Å²) in [5, 5.41) is 13.1. The average molecular weight is 213 g/mol. The van der Waals surface area contributed by atoms with Crippen molar-refractivity contribution in [3.05, 3.63) is 0 Å². The van der Waals surface area contributed by atoms with Crippen LogP contribution in [-0.4, -0.2) is 23.8 Å². The average Bonchev–Trinajstić information content (AvgIpc) is 2.31. The Morgan fingerprint density at radius 1 is 1.13 bits per heavy atom. The second-order valence-corrected chi connectivity index (χ2v) is 4.88. The van der Waals surface area contributed by atoms with E-state index >= 15 is 0 Å². The van der Waals surface area contributed by atoms with Crippen LogP contribution in [0.4, 0.5) is 0 Å². The van der Waals surface area contributed by atoms with Crippen LogP contribution < -0.4 is 5.32 Å². The molecule has 1 rings (SSSR count). The van der Waals surface area contributed by atoms with Crippen LogP contribution in [0.25, 0.3) is 0 Å². The van der Waals surface area contributed by atoms with E-state index in [4.69, 9.17) is 0 Å². The van der Waals surface area contributed by atoms with Gasteiger partial charge in [0.05, 0.1) is 6.10 Å². The molecule has 0 bridgehead atoms. The smallest absolute Gasteiger partial charge is 0.0662 e. The zero-order valence-corrected chi connectivity index (χ0v) is 10.3. The summed E-state index contributed by atoms with van der Waals surface area (Å²) in [6, 6.07) is 0.631. The fourth-order valence-corrected chi connectivity index (χ4v) is 2.61. The molecule has 0 aromatic rings. The lowest BCUT2D eigenvalue weighted by molar-refractivity contribution is 0.151. The van der Waals surface area contributed by atoms with E-state index in [1.807, 2.05) is 6.92 Å². The third-order valence-electron chi connectivity index (χ3n) is 3.75. The van der Waals surface area contributed by atoms with Gasteiger partial charge in [-0.3, -0.25) is 0 Å². The molecule has 1 aliphatic carbocycles. The summed E-state index contributed by atoms with van der Waals surface area (Å²) in [6.45, 7) is 5.06. The number of hydrogen-bond donors (Lipinski definition) is 2. The summed E-state index contributed by atoms with van der Waals surface area (Å²) in [6.07, 6.45) is 8.88. The highest BCUT2D eigenvalue weighted by atomic mass is 16.3. The first-order valence-electron chi connectivity index (χ1n) is 6.69. The minimum atomic E-state index is -0.164. The van der Waals surface area contributed by atoms with Crippen molar-refractivity contribution in [1.29, 1.82) is 0 Å². The summed E-state index contributed by atoms with van der Waals surface area (Å²) >= 11 is 0. The van der Waals surface area contributed by atoms with Crippen molar-refractivity contribution >= 4 is 0 Å². The lowest BCUT2D eigenvalue weighted by Crippen LogP contribution is -2.40. The third-order valence-corrected chi connectivity index (χ3v) is 3.75. The Hall–Kier alpha value is -0.0800. The van der Waals surface area contributed by atoms with Crippen LogP contribution in [0.1, 0.15) is 58.8 Å². The first-order valence-corrected chi connectivity index (χ1v) is 6.69. The Labute approximate surface area is 94.5 Å². The zero-order valence-electron chi connectivity index (χ0n) is 10.3. The van der Waals surface area contributed by atoms with E-state index in [9.17, 15) is 5.11 Å². The normalized spacial score (nSPS) is 22.6. The lowest BCUT2D eigenvalue weighted by atomic mass is 9.83. The van der Waals surface area contributed by atoms with Gasteiger partial charge >= 0.3 is 0 Å². The molecule has 90 valence electrons. The minimum absolute atomic E-state index is 0.164. The Morgan fingerprint density at radius 2 is 1.80 bits per heavy atom. The topological polar surface area (TPSA) is 32.3 Å². The molecular formula is C13H27NO. The number of nitrogens with one attached hydrogen (secondary N) is 1. The Balaban J connectivity index is 2.27. The molecule has 0 heterocycles. The molecule has 1 saturated carbocycles. The van der Waals surface area contributed by atoms with Gasteiger partial charge in [-0.15, -0.1) is 0 Å². The van der Waals surface area contributed by atoms with Crippen molar-refractivity contribution in [2.45, 2.75) is 70.9 Å². The highest BCUT2D eigenvalue weighted by Gasteiger charge is 2.22. The van der Waals surface area contributed by atoms with Gasteiger partial charge < -0.3 is 10.4 Å².